The van der Waals surface area contributed by atoms with Gasteiger partial charge >= 0.3 is 18.2 Å². The van der Waals surface area contributed by atoms with Crippen molar-refractivity contribution in [3.05, 3.63) is 84.4 Å². The van der Waals surface area contributed by atoms with E-state index in [2.05, 4.69) is 25.1 Å². The fourth-order valence-electron chi connectivity index (χ4n) is 4.24. The van der Waals surface area contributed by atoms with Gasteiger partial charge in [-0.05, 0) is 96.5 Å². The Bertz CT molecular complexity index is 1950. The molecule has 0 saturated carbocycles. The number of guanidine groups is 1. The molecule has 15 nitrogen and oxygen atoms in total. The predicted molar refractivity (Wildman–Crippen MR) is 191 cm³/mol. The number of nitrogens with zero attached hydrogens (tertiary/aromatic N) is 1. The number of carbonyl (C=O) groups is 3. The van der Waals surface area contributed by atoms with Crippen LogP contribution in [-0.4, -0.2) is 58.8 Å². The third-order valence-electron chi connectivity index (χ3n) is 6.19. The Balaban J connectivity index is 1.90. The van der Waals surface area contributed by atoms with Crippen LogP contribution in [0.4, 0.5) is 21.0 Å². The number of nitrogens with one attached hydrogen (secondary N) is 4. The Morgan fingerprint density at radius 3 is 1.98 bits per heavy atom. The van der Waals surface area contributed by atoms with Crippen LogP contribution in [-0.2, 0) is 39.1 Å². The average Bonchev–Trinajstić information content (AvgIpc) is 2.99. The summed E-state index contributed by atoms with van der Waals surface area (Å²) >= 11 is 0. The lowest BCUT2D eigenvalue weighted by Gasteiger charge is -2.21. The highest BCUT2D eigenvalue weighted by Gasteiger charge is 2.26. The highest BCUT2D eigenvalue weighted by Crippen LogP contribution is 2.26. The molecule has 1 atom stereocenters. The van der Waals surface area contributed by atoms with Gasteiger partial charge in [-0.25, -0.2) is 31.1 Å². The Kier molecular flexibility index (Phi) is 13.3. The Morgan fingerprint density at radius 1 is 0.745 bits per heavy atom. The number of amides is 2. The summed E-state index contributed by atoms with van der Waals surface area (Å²) in [5.41, 5.74) is -1.29. The summed E-state index contributed by atoms with van der Waals surface area (Å²) in [6.45, 7) is 11.5. The van der Waals surface area contributed by atoms with Crippen molar-refractivity contribution in [2.45, 2.75) is 81.9 Å². The van der Waals surface area contributed by atoms with Crippen molar-refractivity contribution in [3.63, 3.8) is 0 Å². The zero-order valence-corrected chi connectivity index (χ0v) is 31.0. The first-order valence-electron chi connectivity index (χ1n) is 15.7. The van der Waals surface area contributed by atoms with Gasteiger partial charge in [-0.1, -0.05) is 36.4 Å². The summed E-state index contributed by atoms with van der Waals surface area (Å²) in [6, 6.07) is 17.8. The Labute approximate surface area is 298 Å². The minimum Gasteiger partial charge on any atom is -0.466 e. The van der Waals surface area contributed by atoms with E-state index in [-0.39, 0.29) is 45.7 Å². The second-order valence-electron chi connectivity index (χ2n) is 12.9. The molecule has 0 radical (unpaired) electrons. The topological polar surface area (TPSA) is 208 Å². The Morgan fingerprint density at radius 2 is 1.35 bits per heavy atom. The molecule has 0 fully saturated rings. The highest BCUT2D eigenvalue weighted by molar-refractivity contribution is 7.92. The van der Waals surface area contributed by atoms with Gasteiger partial charge in [0.05, 0.1) is 28.9 Å². The van der Waals surface area contributed by atoms with E-state index >= 15 is 0 Å². The van der Waals surface area contributed by atoms with Crippen molar-refractivity contribution >= 4 is 55.5 Å². The van der Waals surface area contributed by atoms with Crippen molar-refractivity contribution in [1.82, 2.24) is 10.0 Å². The summed E-state index contributed by atoms with van der Waals surface area (Å²) in [5.74, 6) is -1.05. The van der Waals surface area contributed by atoms with Crippen LogP contribution >= 0.6 is 0 Å². The molecular formula is C34H43N5O10S2. The molecule has 0 aliphatic carbocycles. The van der Waals surface area contributed by atoms with Crippen LogP contribution in [0.3, 0.4) is 0 Å². The lowest BCUT2D eigenvalue weighted by Crippen LogP contribution is -2.40. The van der Waals surface area contributed by atoms with Crippen LogP contribution < -0.4 is 20.1 Å². The summed E-state index contributed by atoms with van der Waals surface area (Å²) in [4.78, 5) is 40.9. The van der Waals surface area contributed by atoms with Crippen molar-refractivity contribution in [2.75, 3.05) is 16.6 Å². The van der Waals surface area contributed by atoms with Gasteiger partial charge in [0.25, 0.3) is 10.0 Å². The van der Waals surface area contributed by atoms with Gasteiger partial charge < -0.3 is 19.5 Å². The second kappa shape index (κ2) is 16.8. The molecule has 51 heavy (non-hydrogen) atoms. The molecule has 0 spiro atoms. The number of esters is 1. The van der Waals surface area contributed by atoms with Crippen LogP contribution in [0, 0.1) is 0 Å². The molecule has 276 valence electrons. The quantitative estimate of drug-likeness (QED) is 0.0812. The van der Waals surface area contributed by atoms with E-state index in [1.54, 1.807) is 72.7 Å². The molecule has 1 unspecified atom stereocenters. The molecule has 0 saturated heterocycles. The number of carbonyl (C=O) groups excluding carboxylic acids is 3. The monoisotopic (exact) mass is 745 g/mol. The van der Waals surface area contributed by atoms with E-state index in [4.69, 9.17) is 14.2 Å². The zero-order valence-electron chi connectivity index (χ0n) is 29.3. The fourth-order valence-corrected chi connectivity index (χ4v) is 6.58. The van der Waals surface area contributed by atoms with E-state index in [1.165, 1.54) is 54.6 Å². The van der Waals surface area contributed by atoms with Crippen molar-refractivity contribution in [3.8, 4) is 0 Å². The van der Waals surface area contributed by atoms with Crippen LogP contribution in [0.1, 0.15) is 66.5 Å². The minimum atomic E-state index is -4.28. The first-order valence-corrected chi connectivity index (χ1v) is 18.7. The number of aliphatic imine (C=N–C) groups is 1. The maximum absolute atomic E-state index is 13.5. The number of alkyl carbamates (subject to hydrolysis) is 1. The molecule has 4 N–H and O–H groups in total. The number of ether oxygens (including phenoxy) is 3. The molecule has 3 aromatic carbocycles. The maximum Gasteiger partial charge on any atom is 0.437 e. The van der Waals surface area contributed by atoms with Crippen molar-refractivity contribution in [1.29, 1.82) is 0 Å². The van der Waals surface area contributed by atoms with Crippen LogP contribution in [0.5, 0.6) is 0 Å². The van der Waals surface area contributed by atoms with Crippen LogP contribution in [0.25, 0.3) is 0 Å². The molecule has 17 heteroatoms. The van der Waals surface area contributed by atoms with Gasteiger partial charge in [0, 0.05) is 11.4 Å². The molecule has 0 aliphatic heterocycles. The normalized spacial score (nSPS) is 13.0. The number of hydrogen-bond acceptors (Lipinski definition) is 10. The SMILES string of the molecule is CCOC(=O)CC(NS(=O)(=O)c1ccccc1)c1cccc(NS(=O)(=O)c2cccc(NC(=NC(=O)OC(C)(C)C)NC(=O)OC(C)(C)C)c2)c1. The second-order valence-corrected chi connectivity index (χ2v) is 16.3. The zero-order chi connectivity index (χ0) is 38.0. The molecule has 0 heterocycles. The highest BCUT2D eigenvalue weighted by atomic mass is 32.2. The predicted octanol–water partition coefficient (Wildman–Crippen LogP) is 5.69. The van der Waals surface area contributed by atoms with Crippen LogP contribution in [0.15, 0.2) is 93.6 Å². The maximum atomic E-state index is 13.5. The third kappa shape index (κ3) is 13.7. The molecule has 3 aromatic rings. The fraction of sp³-hybridized carbons (Fsp3) is 0.353. The largest absolute Gasteiger partial charge is 0.466 e. The van der Waals surface area contributed by atoms with Gasteiger partial charge in [0.15, 0.2) is 0 Å². The number of rotatable bonds is 11. The summed E-state index contributed by atoms with van der Waals surface area (Å²) < 4.78 is 73.9. The summed E-state index contributed by atoms with van der Waals surface area (Å²) in [6.07, 6.45) is -2.33. The third-order valence-corrected chi connectivity index (χ3v) is 9.06. The number of anilines is 2. The van der Waals surface area contributed by atoms with E-state index in [0.29, 0.717) is 0 Å². The lowest BCUT2D eigenvalue weighted by atomic mass is 10.0. The number of benzene rings is 3. The van der Waals surface area contributed by atoms with Crippen molar-refractivity contribution < 1.29 is 45.4 Å². The molecule has 0 bridgehead atoms. The van der Waals surface area contributed by atoms with E-state index < -0.39 is 55.4 Å². The average molecular weight is 746 g/mol. The van der Waals surface area contributed by atoms with Gasteiger partial charge in [-0.3, -0.25) is 14.8 Å². The lowest BCUT2D eigenvalue weighted by molar-refractivity contribution is -0.143. The van der Waals surface area contributed by atoms with Gasteiger partial charge in [0.2, 0.25) is 16.0 Å². The smallest absolute Gasteiger partial charge is 0.437 e. The molecule has 0 aliphatic rings. The van der Waals surface area contributed by atoms with Gasteiger partial charge in [-0.2, -0.15) is 0 Å². The minimum absolute atomic E-state index is 0.0233. The van der Waals surface area contributed by atoms with Gasteiger partial charge in [-0.15, -0.1) is 4.99 Å². The molecule has 2 amide bonds. The Hall–Kier alpha value is -5.00. The van der Waals surface area contributed by atoms with Crippen molar-refractivity contribution in [2.24, 2.45) is 4.99 Å². The van der Waals surface area contributed by atoms with E-state index in [9.17, 15) is 31.2 Å². The molecule has 0 aromatic heterocycles. The van der Waals surface area contributed by atoms with Gasteiger partial charge in [0.1, 0.15) is 11.2 Å². The molecular weight excluding hydrogens is 703 g/mol. The standard InChI is InChI=1S/C34H43N5O10S2/c1-8-47-29(40)22-28(39-50(43,44)26-17-10-9-11-18-26)23-14-12-16-25(20-23)38-51(45,46)27-19-13-15-24(21-27)35-30(36-31(41)48-33(2,3)4)37-32(42)49-34(5,6)7/h9-21,28,38-39H,8,22H2,1-7H3,(H2,35,36,37,41,42). The molecule has 3 rings (SSSR count). The van der Waals surface area contributed by atoms with Crippen LogP contribution in [0.2, 0.25) is 0 Å². The summed E-state index contributed by atoms with van der Waals surface area (Å²) in [5, 5.41) is 5.04. The van der Waals surface area contributed by atoms with E-state index in [0.717, 1.165) is 0 Å². The first kappa shape index (κ1) is 40.4. The van der Waals surface area contributed by atoms with E-state index in [1.807, 2.05) is 0 Å². The number of sulfonamides is 2. The first-order chi connectivity index (χ1) is 23.7. The number of hydrogen-bond donors (Lipinski definition) is 4. The summed E-state index contributed by atoms with van der Waals surface area (Å²) in [7, 11) is -8.37.